The zero-order valence-electron chi connectivity index (χ0n) is 31.6. The van der Waals surface area contributed by atoms with Crippen LogP contribution in [0.5, 0.6) is 0 Å². The summed E-state index contributed by atoms with van der Waals surface area (Å²) in [6.45, 7) is 0. The zero-order chi connectivity index (χ0) is 38.9. The van der Waals surface area contributed by atoms with Crippen LogP contribution in [0.4, 0.5) is 34.1 Å². The highest BCUT2D eigenvalue weighted by Gasteiger charge is 2.26. The first kappa shape index (κ1) is 33.5. The van der Waals surface area contributed by atoms with E-state index < -0.39 is 0 Å². The van der Waals surface area contributed by atoms with Crippen LogP contribution in [0.1, 0.15) is 0 Å². The van der Waals surface area contributed by atoms with Gasteiger partial charge in [0.1, 0.15) is 16.7 Å². The average molecular weight is 776 g/mol. The standard InChI is InChI=1S/C53H33N3O2S/c1-4-15-34(16-5-1)53-54-50-48(58-53)32-35-31-38(55(36-17-6-2-7-18-36)39-28-30-47-44(33-39)41-21-10-12-25-46(41)57-47)27-29-40(35)51(50)56(37-19-8-3-9-20-37)45-24-14-23-43-42-22-11-13-26-49(42)59-52(43)45/h1-33H. The van der Waals surface area contributed by atoms with Gasteiger partial charge in [0.05, 0.1) is 16.1 Å². The topological polar surface area (TPSA) is 45.7 Å². The molecular formula is C53H33N3O2S. The molecule has 0 saturated carbocycles. The van der Waals surface area contributed by atoms with Gasteiger partial charge in [-0.25, -0.2) is 4.98 Å². The van der Waals surface area contributed by atoms with Crippen molar-refractivity contribution >= 4 is 109 Å². The van der Waals surface area contributed by atoms with Gasteiger partial charge in [-0.3, -0.25) is 0 Å². The molecule has 0 radical (unpaired) electrons. The number of anilines is 6. The maximum atomic E-state index is 6.75. The molecule has 5 nitrogen and oxygen atoms in total. The van der Waals surface area contributed by atoms with E-state index in [1.807, 2.05) is 53.8 Å². The third kappa shape index (κ3) is 5.49. The Kier molecular flexibility index (Phi) is 7.64. The molecule has 0 fully saturated rings. The number of oxazole rings is 1. The number of hydrogen-bond acceptors (Lipinski definition) is 6. The van der Waals surface area contributed by atoms with Crippen molar-refractivity contribution in [1.82, 2.24) is 4.98 Å². The molecule has 6 heteroatoms. The Bertz CT molecular complexity index is 3520. The molecule has 278 valence electrons. The Morgan fingerprint density at radius 1 is 0.407 bits per heavy atom. The van der Waals surface area contributed by atoms with Crippen LogP contribution in [0.15, 0.2) is 209 Å². The van der Waals surface area contributed by atoms with Crippen molar-refractivity contribution in [3.8, 4) is 11.5 Å². The molecule has 0 aliphatic heterocycles. The number of furan rings is 1. The van der Waals surface area contributed by atoms with Gasteiger partial charge in [-0.1, -0.05) is 109 Å². The second-order valence-electron chi connectivity index (χ2n) is 14.7. The highest BCUT2D eigenvalue weighted by Crippen LogP contribution is 2.50. The summed E-state index contributed by atoms with van der Waals surface area (Å²) in [4.78, 5) is 10.00. The largest absolute Gasteiger partial charge is 0.456 e. The molecule has 0 aliphatic carbocycles. The van der Waals surface area contributed by atoms with Crippen molar-refractivity contribution in [3.63, 3.8) is 0 Å². The van der Waals surface area contributed by atoms with Crippen LogP contribution in [-0.4, -0.2) is 4.98 Å². The second-order valence-corrected chi connectivity index (χ2v) is 15.8. The number of benzene rings is 9. The molecule has 0 amide bonds. The molecule has 3 heterocycles. The van der Waals surface area contributed by atoms with E-state index in [-0.39, 0.29) is 0 Å². The second kappa shape index (κ2) is 13.5. The first-order valence-electron chi connectivity index (χ1n) is 19.7. The Morgan fingerprint density at radius 2 is 1.05 bits per heavy atom. The van der Waals surface area contributed by atoms with Crippen molar-refractivity contribution in [1.29, 1.82) is 0 Å². The molecule has 0 spiro atoms. The van der Waals surface area contributed by atoms with Crippen LogP contribution < -0.4 is 9.80 Å². The van der Waals surface area contributed by atoms with Crippen LogP contribution in [0.2, 0.25) is 0 Å². The Hall–Kier alpha value is -7.67. The molecule has 0 N–H and O–H groups in total. The zero-order valence-corrected chi connectivity index (χ0v) is 32.4. The highest BCUT2D eigenvalue weighted by atomic mass is 32.1. The van der Waals surface area contributed by atoms with Crippen LogP contribution in [0.25, 0.3) is 75.4 Å². The monoisotopic (exact) mass is 775 g/mol. The number of fused-ring (bicyclic) bond motifs is 8. The number of thiophene rings is 1. The Morgan fingerprint density at radius 3 is 1.86 bits per heavy atom. The van der Waals surface area contributed by atoms with E-state index in [4.69, 9.17) is 13.8 Å². The summed E-state index contributed by atoms with van der Waals surface area (Å²) in [7, 11) is 0. The van der Waals surface area contributed by atoms with Crippen molar-refractivity contribution < 1.29 is 8.83 Å². The molecule has 12 aromatic rings. The van der Waals surface area contributed by atoms with Gasteiger partial charge in [-0.2, -0.15) is 0 Å². The van der Waals surface area contributed by atoms with Crippen LogP contribution in [0.3, 0.4) is 0 Å². The van der Waals surface area contributed by atoms with Gasteiger partial charge in [0.2, 0.25) is 5.89 Å². The number of rotatable bonds is 7. The van der Waals surface area contributed by atoms with E-state index in [0.717, 1.165) is 77.9 Å². The first-order chi connectivity index (χ1) is 29.2. The summed E-state index contributed by atoms with van der Waals surface area (Å²) in [5.74, 6) is 0.581. The van der Waals surface area contributed by atoms with Gasteiger partial charge in [0.25, 0.3) is 0 Å². The SMILES string of the molecule is c1ccc(-c2nc3c(N(c4ccccc4)c4cccc5c4sc4ccccc45)c4ccc(N(c5ccccc5)c5ccc6oc7ccccc7c6c5)cc4cc3o2)cc1. The predicted octanol–water partition coefficient (Wildman–Crippen LogP) is 15.9. The fraction of sp³-hybridized carbons (Fsp3) is 0. The van der Waals surface area contributed by atoms with Crippen molar-refractivity contribution in [2.45, 2.75) is 0 Å². The molecule has 12 rings (SSSR count). The van der Waals surface area contributed by atoms with Crippen molar-refractivity contribution in [2.75, 3.05) is 9.80 Å². The van der Waals surface area contributed by atoms with Gasteiger partial charge in [-0.05, 0) is 96.4 Å². The molecule has 0 saturated heterocycles. The summed E-state index contributed by atoms with van der Waals surface area (Å²) >= 11 is 1.82. The quantitative estimate of drug-likeness (QED) is 0.161. The van der Waals surface area contributed by atoms with Gasteiger partial charge in [-0.15, -0.1) is 11.3 Å². The minimum atomic E-state index is 0.581. The summed E-state index contributed by atoms with van der Waals surface area (Å²) < 4.78 is 15.5. The van der Waals surface area contributed by atoms with E-state index in [1.165, 1.54) is 20.2 Å². The molecule has 0 unspecified atom stereocenters. The van der Waals surface area contributed by atoms with E-state index in [2.05, 4.69) is 168 Å². The fourth-order valence-corrected chi connectivity index (χ4v) is 9.78. The average Bonchev–Trinajstić information content (AvgIpc) is 4.01. The maximum absolute atomic E-state index is 6.75. The van der Waals surface area contributed by atoms with Crippen LogP contribution in [0, 0.1) is 0 Å². The van der Waals surface area contributed by atoms with Crippen LogP contribution >= 0.6 is 11.3 Å². The molecule has 0 atom stereocenters. The van der Waals surface area contributed by atoms with Crippen molar-refractivity contribution in [2.24, 2.45) is 0 Å². The van der Waals surface area contributed by atoms with Gasteiger partial charge < -0.3 is 18.6 Å². The molecule has 59 heavy (non-hydrogen) atoms. The minimum absolute atomic E-state index is 0.581. The lowest BCUT2D eigenvalue weighted by molar-refractivity contribution is 0.620. The lowest BCUT2D eigenvalue weighted by Crippen LogP contribution is -2.12. The molecule has 9 aromatic carbocycles. The smallest absolute Gasteiger partial charge is 0.227 e. The lowest BCUT2D eigenvalue weighted by Gasteiger charge is -2.29. The molecule has 3 aromatic heterocycles. The maximum Gasteiger partial charge on any atom is 0.227 e. The number of para-hydroxylation sites is 3. The molecule has 0 bridgehead atoms. The first-order valence-corrected chi connectivity index (χ1v) is 20.5. The summed E-state index contributed by atoms with van der Waals surface area (Å²) in [5, 5.41) is 6.74. The van der Waals surface area contributed by atoms with Crippen molar-refractivity contribution in [3.05, 3.63) is 200 Å². The van der Waals surface area contributed by atoms with E-state index >= 15 is 0 Å². The minimum Gasteiger partial charge on any atom is -0.456 e. The Balaban J connectivity index is 1.14. The summed E-state index contributed by atoms with van der Waals surface area (Å²) in [5.41, 5.74) is 10.4. The predicted molar refractivity (Wildman–Crippen MR) is 246 cm³/mol. The summed E-state index contributed by atoms with van der Waals surface area (Å²) in [6.07, 6.45) is 0. The molecule has 0 aliphatic rings. The Labute approximate surface area is 343 Å². The fourth-order valence-electron chi connectivity index (χ4n) is 8.57. The number of aromatic nitrogens is 1. The van der Waals surface area contributed by atoms with Gasteiger partial charge >= 0.3 is 0 Å². The van der Waals surface area contributed by atoms with E-state index in [9.17, 15) is 0 Å². The number of nitrogens with zero attached hydrogens (tertiary/aromatic N) is 3. The normalized spacial score (nSPS) is 11.7. The van der Waals surface area contributed by atoms with Gasteiger partial charge in [0.15, 0.2) is 5.58 Å². The van der Waals surface area contributed by atoms with Gasteiger partial charge in [0, 0.05) is 59.9 Å². The summed E-state index contributed by atoms with van der Waals surface area (Å²) in [6, 6.07) is 70.2. The molecular weight excluding hydrogens is 743 g/mol. The lowest BCUT2D eigenvalue weighted by atomic mass is 10.0. The number of hydrogen-bond donors (Lipinski definition) is 0. The third-order valence-corrected chi connectivity index (χ3v) is 12.4. The third-order valence-electron chi connectivity index (χ3n) is 11.2. The van der Waals surface area contributed by atoms with Crippen LogP contribution in [-0.2, 0) is 0 Å². The highest BCUT2D eigenvalue weighted by molar-refractivity contribution is 7.26. The van der Waals surface area contributed by atoms with E-state index in [1.54, 1.807) is 0 Å². The van der Waals surface area contributed by atoms with E-state index in [0.29, 0.717) is 11.5 Å².